The number of benzene rings is 1. The van der Waals surface area contributed by atoms with Crippen molar-refractivity contribution in [3.8, 4) is 0 Å². The van der Waals surface area contributed by atoms with E-state index < -0.39 is 5.60 Å². The molecule has 0 spiro atoms. The summed E-state index contributed by atoms with van der Waals surface area (Å²) in [6.45, 7) is 5.87. The minimum absolute atomic E-state index is 0.0649. The van der Waals surface area contributed by atoms with Gasteiger partial charge in [0.05, 0.1) is 6.04 Å². The molecular formula is C12H15NO2. The highest BCUT2D eigenvalue weighted by Gasteiger charge is 2.42. The van der Waals surface area contributed by atoms with Crippen molar-refractivity contribution in [3.63, 3.8) is 0 Å². The zero-order chi connectivity index (χ0) is 11.1. The summed E-state index contributed by atoms with van der Waals surface area (Å²) in [4.78, 5) is 11.2. The van der Waals surface area contributed by atoms with Crippen molar-refractivity contribution in [2.75, 3.05) is 0 Å². The Morgan fingerprint density at radius 1 is 1.40 bits per heavy atom. The van der Waals surface area contributed by atoms with E-state index in [-0.39, 0.29) is 12.1 Å². The maximum atomic E-state index is 11.2. The number of alkyl carbamates (subject to hydrolysis) is 1. The van der Waals surface area contributed by atoms with Crippen molar-refractivity contribution in [1.29, 1.82) is 0 Å². The van der Waals surface area contributed by atoms with Gasteiger partial charge in [-0.25, -0.2) is 4.79 Å². The van der Waals surface area contributed by atoms with Crippen LogP contribution in [0.3, 0.4) is 0 Å². The van der Waals surface area contributed by atoms with E-state index in [2.05, 4.69) is 11.4 Å². The molecule has 80 valence electrons. The highest BCUT2D eigenvalue weighted by molar-refractivity contribution is 5.71. The molecule has 1 fully saturated rings. The lowest BCUT2D eigenvalue weighted by atomic mass is 9.92. The second-order valence-corrected chi connectivity index (χ2v) is 4.48. The fraction of sp³-hybridized carbons (Fsp3) is 0.417. The number of nitrogens with one attached hydrogen (secondary N) is 1. The first-order valence-corrected chi connectivity index (χ1v) is 5.05. The van der Waals surface area contributed by atoms with Crippen LogP contribution in [0.15, 0.2) is 24.3 Å². The maximum absolute atomic E-state index is 11.2. The summed E-state index contributed by atoms with van der Waals surface area (Å²) in [7, 11) is 0. The van der Waals surface area contributed by atoms with Crippen LogP contribution in [0.2, 0.25) is 0 Å². The van der Waals surface area contributed by atoms with Crippen LogP contribution in [0.5, 0.6) is 0 Å². The number of amides is 1. The summed E-state index contributed by atoms with van der Waals surface area (Å²) in [5.74, 6) is 0. The van der Waals surface area contributed by atoms with Gasteiger partial charge in [0.2, 0.25) is 0 Å². The van der Waals surface area contributed by atoms with E-state index in [0.717, 1.165) is 5.56 Å². The van der Waals surface area contributed by atoms with Crippen LogP contribution >= 0.6 is 0 Å². The molecule has 1 aromatic rings. The quantitative estimate of drug-likeness (QED) is 0.765. The van der Waals surface area contributed by atoms with Crippen LogP contribution in [-0.2, 0) is 4.74 Å². The fourth-order valence-electron chi connectivity index (χ4n) is 1.95. The molecule has 0 aliphatic carbocycles. The molecule has 1 N–H and O–H groups in total. The SMILES string of the molecule is Cc1cccc([C@@H]2NC(=O)OC2(C)C)c1. The summed E-state index contributed by atoms with van der Waals surface area (Å²) in [6, 6.07) is 8.04. The molecule has 1 saturated heterocycles. The minimum Gasteiger partial charge on any atom is -0.441 e. The predicted molar refractivity (Wildman–Crippen MR) is 57.6 cm³/mol. The first-order chi connectivity index (χ1) is 6.99. The zero-order valence-corrected chi connectivity index (χ0v) is 9.20. The number of carbonyl (C=O) groups is 1. The number of hydrogen-bond acceptors (Lipinski definition) is 2. The van der Waals surface area contributed by atoms with Gasteiger partial charge in [0, 0.05) is 0 Å². The number of cyclic esters (lactones) is 1. The van der Waals surface area contributed by atoms with Gasteiger partial charge in [-0.1, -0.05) is 29.8 Å². The highest BCUT2D eigenvalue weighted by atomic mass is 16.6. The monoisotopic (exact) mass is 205 g/mol. The average molecular weight is 205 g/mol. The molecule has 3 heteroatoms. The lowest BCUT2D eigenvalue weighted by Gasteiger charge is -2.24. The Balaban J connectivity index is 2.35. The second-order valence-electron chi connectivity index (χ2n) is 4.48. The number of ether oxygens (including phenoxy) is 1. The van der Waals surface area contributed by atoms with Crippen molar-refractivity contribution in [3.05, 3.63) is 35.4 Å². The topological polar surface area (TPSA) is 38.3 Å². The van der Waals surface area contributed by atoms with Crippen LogP contribution in [0.25, 0.3) is 0 Å². The Bertz CT molecular complexity index is 398. The van der Waals surface area contributed by atoms with E-state index in [9.17, 15) is 4.79 Å². The Morgan fingerprint density at radius 3 is 2.67 bits per heavy atom. The highest BCUT2D eigenvalue weighted by Crippen LogP contribution is 2.33. The lowest BCUT2D eigenvalue weighted by Crippen LogP contribution is -2.30. The first-order valence-electron chi connectivity index (χ1n) is 5.05. The Morgan fingerprint density at radius 2 is 2.13 bits per heavy atom. The van der Waals surface area contributed by atoms with Crippen molar-refractivity contribution in [1.82, 2.24) is 5.32 Å². The molecule has 0 unspecified atom stereocenters. The summed E-state index contributed by atoms with van der Waals surface area (Å²) in [6.07, 6.45) is -0.341. The van der Waals surface area contributed by atoms with Gasteiger partial charge in [0.1, 0.15) is 5.60 Å². The molecule has 0 aromatic heterocycles. The van der Waals surface area contributed by atoms with E-state index >= 15 is 0 Å². The van der Waals surface area contributed by atoms with Crippen LogP contribution in [0, 0.1) is 6.92 Å². The van der Waals surface area contributed by atoms with Gasteiger partial charge in [-0.15, -0.1) is 0 Å². The Labute approximate surface area is 89.4 Å². The Kier molecular flexibility index (Phi) is 2.18. The van der Waals surface area contributed by atoms with Crippen molar-refractivity contribution in [2.45, 2.75) is 32.4 Å². The maximum Gasteiger partial charge on any atom is 0.408 e. The van der Waals surface area contributed by atoms with Crippen LogP contribution in [-0.4, -0.2) is 11.7 Å². The average Bonchev–Trinajstić information content (AvgIpc) is 2.39. The van der Waals surface area contributed by atoms with Crippen LogP contribution in [0.1, 0.15) is 31.0 Å². The molecule has 1 atom stereocenters. The Hall–Kier alpha value is -1.51. The van der Waals surface area contributed by atoms with Crippen LogP contribution in [0.4, 0.5) is 4.79 Å². The second kappa shape index (κ2) is 3.26. The molecule has 15 heavy (non-hydrogen) atoms. The summed E-state index contributed by atoms with van der Waals surface area (Å²) in [5.41, 5.74) is 1.79. The third-order valence-corrected chi connectivity index (χ3v) is 2.69. The lowest BCUT2D eigenvalue weighted by molar-refractivity contribution is 0.0684. The van der Waals surface area contributed by atoms with Gasteiger partial charge in [-0.3, -0.25) is 0 Å². The molecule has 1 amide bonds. The van der Waals surface area contributed by atoms with Gasteiger partial charge >= 0.3 is 6.09 Å². The predicted octanol–water partition coefficient (Wildman–Crippen LogP) is 2.55. The van der Waals surface area contributed by atoms with Gasteiger partial charge in [0.15, 0.2) is 0 Å². The first kappa shape index (κ1) is 10.0. The summed E-state index contributed by atoms with van der Waals surface area (Å²) < 4.78 is 5.21. The van der Waals surface area contributed by atoms with E-state index in [1.165, 1.54) is 5.56 Å². The van der Waals surface area contributed by atoms with E-state index in [1.54, 1.807) is 0 Å². The van der Waals surface area contributed by atoms with Gasteiger partial charge in [-0.2, -0.15) is 0 Å². The summed E-state index contributed by atoms with van der Waals surface area (Å²) >= 11 is 0. The molecule has 0 bridgehead atoms. The van der Waals surface area contributed by atoms with Gasteiger partial charge in [-0.05, 0) is 26.3 Å². The van der Waals surface area contributed by atoms with E-state index in [4.69, 9.17) is 4.74 Å². The molecule has 0 saturated carbocycles. The van der Waals surface area contributed by atoms with Gasteiger partial charge in [0.25, 0.3) is 0 Å². The summed E-state index contributed by atoms with van der Waals surface area (Å²) in [5, 5.41) is 2.83. The molecule has 1 aliphatic heterocycles. The number of carbonyl (C=O) groups excluding carboxylic acids is 1. The molecule has 1 aliphatic rings. The van der Waals surface area contributed by atoms with Crippen molar-refractivity contribution >= 4 is 6.09 Å². The molecule has 1 heterocycles. The van der Waals surface area contributed by atoms with Crippen molar-refractivity contribution < 1.29 is 9.53 Å². The number of hydrogen-bond donors (Lipinski definition) is 1. The fourth-order valence-corrected chi connectivity index (χ4v) is 1.95. The van der Waals surface area contributed by atoms with Crippen molar-refractivity contribution in [2.24, 2.45) is 0 Å². The van der Waals surface area contributed by atoms with Gasteiger partial charge < -0.3 is 10.1 Å². The molecule has 3 nitrogen and oxygen atoms in total. The van der Waals surface area contributed by atoms with E-state index in [0.29, 0.717) is 0 Å². The largest absolute Gasteiger partial charge is 0.441 e. The third-order valence-electron chi connectivity index (χ3n) is 2.69. The third kappa shape index (κ3) is 1.82. The number of aryl methyl sites for hydroxylation is 1. The standard InChI is InChI=1S/C12H15NO2/c1-8-5-4-6-9(7-8)10-12(2,3)15-11(14)13-10/h4-7,10H,1-3H3,(H,13,14)/t10-/m0/s1. The van der Waals surface area contributed by atoms with E-state index in [1.807, 2.05) is 39.0 Å². The zero-order valence-electron chi connectivity index (χ0n) is 9.20. The molecule has 0 radical (unpaired) electrons. The minimum atomic E-state index is -0.481. The molecular weight excluding hydrogens is 190 g/mol. The molecule has 2 rings (SSSR count). The number of rotatable bonds is 1. The smallest absolute Gasteiger partial charge is 0.408 e. The molecule has 1 aromatic carbocycles. The van der Waals surface area contributed by atoms with Crippen LogP contribution < -0.4 is 5.32 Å². The normalized spacial score (nSPS) is 23.4.